The standard InChI is InChI=1S/C40H48N8O4/c1-25-14-16-26(17-15-25)48-35(23-33(45-48)39(2,3)4)42-37(49)41-30-19-20-32(29-12-9-8-11-28(29)30)51-27-18-21-34-43-44-36(47(34)24-27)31-13-10-22-46(31)38(50)52-40(5,6)7/h8-9,11-12,14-18,21,23-24,30-32H,10,13,19-20,22H2,1-7H3,(H2,41,42,49)/t30-,31-,32+/m0/s1. The van der Waals surface area contributed by atoms with Crippen LogP contribution in [-0.4, -0.2) is 53.5 Å². The van der Waals surface area contributed by atoms with Crippen LogP contribution in [-0.2, 0) is 10.2 Å². The summed E-state index contributed by atoms with van der Waals surface area (Å²) in [6, 6.07) is 21.2. The van der Waals surface area contributed by atoms with Crippen LogP contribution in [0.3, 0.4) is 0 Å². The first kappa shape index (κ1) is 35.0. The van der Waals surface area contributed by atoms with Gasteiger partial charge in [0.1, 0.15) is 23.3 Å². The largest absolute Gasteiger partial charge is 0.484 e. The van der Waals surface area contributed by atoms with Crippen molar-refractivity contribution in [1.29, 1.82) is 0 Å². The number of nitrogens with one attached hydrogen (secondary N) is 2. The summed E-state index contributed by atoms with van der Waals surface area (Å²) in [6.45, 7) is 14.6. The molecule has 0 spiro atoms. The van der Waals surface area contributed by atoms with Crippen molar-refractivity contribution in [2.45, 2.75) is 103 Å². The second kappa shape index (κ2) is 13.6. The number of benzene rings is 2. The Labute approximate surface area is 304 Å². The molecule has 1 fully saturated rings. The molecular formula is C40H48N8O4. The number of anilines is 1. The first-order chi connectivity index (χ1) is 24.7. The number of nitrogens with zero attached hydrogens (tertiary/aromatic N) is 6. The first-order valence-corrected chi connectivity index (χ1v) is 18.1. The summed E-state index contributed by atoms with van der Waals surface area (Å²) in [4.78, 5) is 28.4. The molecular weight excluding hydrogens is 656 g/mol. The quantitative estimate of drug-likeness (QED) is 0.182. The molecule has 7 rings (SSSR count). The van der Waals surface area contributed by atoms with Gasteiger partial charge in [-0.25, -0.2) is 14.3 Å². The number of hydrogen-bond donors (Lipinski definition) is 2. The maximum atomic E-state index is 13.6. The van der Waals surface area contributed by atoms with Gasteiger partial charge >= 0.3 is 12.1 Å². The number of aromatic nitrogens is 5. The topological polar surface area (TPSA) is 128 Å². The molecule has 0 saturated carbocycles. The summed E-state index contributed by atoms with van der Waals surface area (Å²) in [5, 5.41) is 20.0. The van der Waals surface area contributed by atoms with Crippen LogP contribution in [0.15, 0.2) is 72.9 Å². The Morgan fingerprint density at radius 1 is 0.885 bits per heavy atom. The van der Waals surface area contributed by atoms with Crippen LogP contribution in [0.1, 0.15) is 114 Å². The summed E-state index contributed by atoms with van der Waals surface area (Å²) in [5.41, 5.74) is 4.84. The number of amides is 3. The van der Waals surface area contributed by atoms with Crippen LogP contribution in [0.2, 0.25) is 0 Å². The van der Waals surface area contributed by atoms with Crippen LogP contribution in [0, 0.1) is 6.92 Å². The van der Waals surface area contributed by atoms with Crippen molar-refractivity contribution < 1.29 is 19.1 Å². The third-order valence-electron chi connectivity index (χ3n) is 9.60. The minimum Gasteiger partial charge on any atom is -0.484 e. The molecule has 12 nitrogen and oxygen atoms in total. The molecule has 5 aromatic rings. The number of carbonyl (C=O) groups excluding carboxylic acids is 2. The van der Waals surface area contributed by atoms with Crippen molar-refractivity contribution in [2.24, 2.45) is 0 Å². The van der Waals surface area contributed by atoms with Crippen molar-refractivity contribution in [3.05, 3.63) is 101 Å². The van der Waals surface area contributed by atoms with E-state index in [1.807, 2.05) is 92.9 Å². The van der Waals surface area contributed by atoms with E-state index in [9.17, 15) is 9.59 Å². The number of aryl methyl sites for hydroxylation is 1. The number of rotatable bonds is 6. The van der Waals surface area contributed by atoms with Crippen molar-refractivity contribution in [3.8, 4) is 11.4 Å². The maximum Gasteiger partial charge on any atom is 0.410 e. The zero-order valence-electron chi connectivity index (χ0n) is 31.0. The molecule has 2 N–H and O–H groups in total. The number of pyridine rings is 1. The Morgan fingerprint density at radius 2 is 1.63 bits per heavy atom. The Kier molecular flexibility index (Phi) is 9.18. The average molecular weight is 705 g/mol. The zero-order valence-corrected chi connectivity index (χ0v) is 31.0. The Bertz CT molecular complexity index is 2090. The van der Waals surface area contributed by atoms with E-state index in [0.29, 0.717) is 42.4 Å². The third-order valence-corrected chi connectivity index (χ3v) is 9.60. The van der Waals surface area contributed by atoms with Gasteiger partial charge in [0.05, 0.1) is 29.7 Å². The molecule has 4 heterocycles. The molecule has 2 aromatic carbocycles. The van der Waals surface area contributed by atoms with Gasteiger partial charge in [-0.15, -0.1) is 10.2 Å². The van der Waals surface area contributed by atoms with E-state index in [-0.39, 0.29) is 35.7 Å². The highest BCUT2D eigenvalue weighted by Crippen LogP contribution is 2.39. The molecule has 2 aliphatic rings. The van der Waals surface area contributed by atoms with Gasteiger partial charge in [0, 0.05) is 18.0 Å². The normalized spacial score (nSPS) is 19.0. The highest BCUT2D eigenvalue weighted by atomic mass is 16.6. The number of urea groups is 1. The average Bonchev–Trinajstić information content (AvgIpc) is 3.84. The van der Waals surface area contributed by atoms with E-state index in [4.69, 9.17) is 14.6 Å². The number of carbonyl (C=O) groups is 2. The number of fused-ring (bicyclic) bond motifs is 2. The summed E-state index contributed by atoms with van der Waals surface area (Å²) < 4.78 is 16.0. The fourth-order valence-electron chi connectivity index (χ4n) is 6.98. The molecule has 1 aliphatic heterocycles. The monoisotopic (exact) mass is 704 g/mol. The van der Waals surface area contributed by atoms with Gasteiger partial charge in [0.2, 0.25) is 0 Å². The molecule has 3 amide bonds. The van der Waals surface area contributed by atoms with Gasteiger partial charge in [0.15, 0.2) is 11.5 Å². The molecule has 3 aromatic heterocycles. The lowest BCUT2D eigenvalue weighted by Crippen LogP contribution is -2.37. The Morgan fingerprint density at radius 3 is 2.37 bits per heavy atom. The van der Waals surface area contributed by atoms with Gasteiger partial charge in [-0.1, -0.05) is 62.7 Å². The van der Waals surface area contributed by atoms with E-state index in [1.165, 1.54) is 0 Å². The molecule has 0 radical (unpaired) electrons. The summed E-state index contributed by atoms with van der Waals surface area (Å²) in [6.07, 6.45) is 4.34. The predicted octanol–water partition coefficient (Wildman–Crippen LogP) is 8.37. The second-order valence-corrected chi connectivity index (χ2v) is 15.9. The van der Waals surface area contributed by atoms with E-state index < -0.39 is 5.60 Å². The molecule has 272 valence electrons. The lowest BCUT2D eigenvalue weighted by molar-refractivity contribution is 0.0217. The molecule has 0 bridgehead atoms. The SMILES string of the molecule is Cc1ccc(-n2nc(C(C)(C)C)cc2NC(=O)N[C@H]2CC[C@@H](Oc3ccc4nnc([C@@H]5CCCN5C(=O)OC(C)(C)C)n4c3)c3ccccc32)cc1. The number of ether oxygens (including phenoxy) is 2. The highest BCUT2D eigenvalue weighted by Gasteiger charge is 2.36. The van der Waals surface area contributed by atoms with Crippen molar-refractivity contribution >= 4 is 23.6 Å². The lowest BCUT2D eigenvalue weighted by Gasteiger charge is -2.32. The van der Waals surface area contributed by atoms with E-state index >= 15 is 0 Å². The van der Waals surface area contributed by atoms with E-state index in [0.717, 1.165) is 40.9 Å². The number of hydrogen-bond acceptors (Lipinski definition) is 7. The van der Waals surface area contributed by atoms with Crippen LogP contribution in [0.4, 0.5) is 15.4 Å². The van der Waals surface area contributed by atoms with Crippen molar-refractivity contribution in [3.63, 3.8) is 0 Å². The summed E-state index contributed by atoms with van der Waals surface area (Å²) in [5.74, 6) is 1.95. The summed E-state index contributed by atoms with van der Waals surface area (Å²) in [7, 11) is 0. The third kappa shape index (κ3) is 7.33. The molecule has 1 aliphatic carbocycles. The van der Waals surface area contributed by atoms with Gasteiger partial charge in [0.25, 0.3) is 0 Å². The van der Waals surface area contributed by atoms with Gasteiger partial charge < -0.3 is 14.8 Å². The van der Waals surface area contributed by atoms with E-state index in [1.54, 1.807) is 9.58 Å². The summed E-state index contributed by atoms with van der Waals surface area (Å²) >= 11 is 0. The molecule has 52 heavy (non-hydrogen) atoms. The molecule has 0 unspecified atom stereocenters. The smallest absolute Gasteiger partial charge is 0.410 e. The first-order valence-electron chi connectivity index (χ1n) is 18.1. The van der Waals surface area contributed by atoms with Crippen LogP contribution >= 0.6 is 0 Å². The van der Waals surface area contributed by atoms with Gasteiger partial charge in [-0.05, 0) is 88.8 Å². The van der Waals surface area contributed by atoms with Crippen molar-refractivity contribution in [1.82, 2.24) is 34.6 Å². The van der Waals surface area contributed by atoms with Gasteiger partial charge in [-0.2, -0.15) is 5.10 Å². The van der Waals surface area contributed by atoms with Crippen molar-refractivity contribution in [2.75, 3.05) is 11.9 Å². The fourth-order valence-corrected chi connectivity index (χ4v) is 6.98. The van der Waals surface area contributed by atoms with E-state index in [2.05, 4.69) is 53.7 Å². The van der Waals surface area contributed by atoms with Crippen LogP contribution < -0.4 is 15.4 Å². The molecule has 12 heteroatoms. The maximum absolute atomic E-state index is 13.6. The zero-order chi connectivity index (χ0) is 36.8. The lowest BCUT2D eigenvalue weighted by atomic mass is 9.85. The van der Waals surface area contributed by atoms with Crippen LogP contribution in [0.5, 0.6) is 5.75 Å². The predicted molar refractivity (Wildman–Crippen MR) is 199 cm³/mol. The molecule has 3 atom stereocenters. The minimum absolute atomic E-state index is 0.197. The highest BCUT2D eigenvalue weighted by molar-refractivity contribution is 5.89. The van der Waals surface area contributed by atoms with Gasteiger partial charge in [-0.3, -0.25) is 14.6 Å². The second-order valence-electron chi connectivity index (χ2n) is 15.9. The van der Waals surface area contributed by atoms with Crippen LogP contribution in [0.25, 0.3) is 11.3 Å². The Balaban J connectivity index is 1.08. The molecule has 1 saturated heterocycles. The Hall–Kier alpha value is -5.39. The minimum atomic E-state index is -0.589. The number of likely N-dealkylation sites (tertiary alicyclic amines) is 1. The fraction of sp³-hybridized carbons (Fsp3) is 0.425.